The van der Waals surface area contributed by atoms with E-state index in [4.69, 9.17) is 9.47 Å². The molecule has 0 spiro atoms. The van der Waals surface area contributed by atoms with Gasteiger partial charge in [-0.05, 0) is 53.9 Å². The van der Waals surface area contributed by atoms with Crippen LogP contribution < -0.4 is 10.1 Å². The van der Waals surface area contributed by atoms with Crippen LogP contribution in [0.4, 0.5) is 10.3 Å². The monoisotopic (exact) mass is 594 g/mol. The van der Waals surface area contributed by atoms with E-state index in [0.717, 1.165) is 15.6 Å². The van der Waals surface area contributed by atoms with Gasteiger partial charge >= 0.3 is 5.97 Å². The van der Waals surface area contributed by atoms with E-state index in [9.17, 15) is 9.18 Å². The first-order valence-corrected chi connectivity index (χ1v) is 13.6. The second-order valence-electron chi connectivity index (χ2n) is 8.59. The van der Waals surface area contributed by atoms with Crippen LogP contribution in [0.5, 0.6) is 5.75 Å². The molecule has 7 nitrogen and oxygen atoms in total. The van der Waals surface area contributed by atoms with Gasteiger partial charge in [-0.15, -0.1) is 5.10 Å². The molecule has 194 valence electrons. The van der Waals surface area contributed by atoms with Crippen LogP contribution in [0.25, 0.3) is 0 Å². The van der Waals surface area contributed by atoms with Gasteiger partial charge in [0.25, 0.3) is 0 Å². The molecule has 4 aromatic rings. The zero-order chi connectivity index (χ0) is 26.6. The van der Waals surface area contributed by atoms with Gasteiger partial charge in [-0.3, -0.25) is 0 Å². The summed E-state index contributed by atoms with van der Waals surface area (Å²) in [4.78, 5) is 17.4. The molecule has 0 bridgehead atoms. The molecule has 1 atom stereocenters. The summed E-state index contributed by atoms with van der Waals surface area (Å²) >= 11 is 4.80. The van der Waals surface area contributed by atoms with E-state index in [1.165, 1.54) is 24.9 Å². The normalized spacial score (nSPS) is 14.6. The molecule has 1 aromatic heterocycles. The number of carbonyl (C=O) groups is 1. The van der Waals surface area contributed by atoms with Gasteiger partial charge < -0.3 is 14.8 Å². The summed E-state index contributed by atoms with van der Waals surface area (Å²) in [6.07, 6.45) is 0. The van der Waals surface area contributed by atoms with E-state index in [2.05, 4.69) is 31.3 Å². The Bertz CT molecular complexity index is 1510. The second-order valence-corrected chi connectivity index (χ2v) is 10.4. The Morgan fingerprint density at radius 1 is 1.13 bits per heavy atom. The van der Waals surface area contributed by atoms with Crippen molar-refractivity contribution in [3.05, 3.63) is 111 Å². The Hall–Kier alpha value is -3.63. The molecule has 1 unspecified atom stereocenters. The molecule has 1 aliphatic heterocycles. The number of rotatable bonds is 8. The number of nitrogens with zero attached hydrogens (tertiary/aromatic N) is 3. The highest BCUT2D eigenvalue weighted by Gasteiger charge is 2.35. The third kappa shape index (κ3) is 5.61. The smallest absolute Gasteiger partial charge is 0.338 e. The summed E-state index contributed by atoms with van der Waals surface area (Å²) in [5, 5.41) is 8.30. The first-order valence-electron chi connectivity index (χ1n) is 11.8. The molecule has 2 heterocycles. The highest BCUT2D eigenvalue weighted by Crippen LogP contribution is 2.37. The van der Waals surface area contributed by atoms with Gasteiger partial charge in [0.1, 0.15) is 24.2 Å². The van der Waals surface area contributed by atoms with E-state index in [0.29, 0.717) is 46.0 Å². The molecule has 0 saturated heterocycles. The van der Waals surface area contributed by atoms with Crippen molar-refractivity contribution in [1.29, 1.82) is 0 Å². The van der Waals surface area contributed by atoms with Gasteiger partial charge in [-0.1, -0.05) is 70.2 Å². The van der Waals surface area contributed by atoms with Gasteiger partial charge in [0.05, 0.1) is 12.7 Å². The largest absolute Gasteiger partial charge is 0.489 e. The number of esters is 1. The fourth-order valence-electron chi connectivity index (χ4n) is 4.17. The minimum atomic E-state index is -0.562. The number of aromatic nitrogens is 3. The molecular weight excluding hydrogens is 571 g/mol. The van der Waals surface area contributed by atoms with Crippen LogP contribution in [0, 0.1) is 5.82 Å². The molecule has 1 aliphatic rings. The van der Waals surface area contributed by atoms with Crippen LogP contribution in [0.3, 0.4) is 0 Å². The summed E-state index contributed by atoms with van der Waals surface area (Å²) in [7, 11) is 1.35. The Morgan fingerprint density at radius 3 is 2.66 bits per heavy atom. The number of benzene rings is 3. The molecular formula is C28H24BrFN4O3S. The summed E-state index contributed by atoms with van der Waals surface area (Å²) in [5.41, 5.74) is 3.48. The predicted octanol–water partition coefficient (Wildman–Crippen LogP) is 6.51. The fourth-order valence-corrected chi connectivity index (χ4v) is 5.43. The van der Waals surface area contributed by atoms with Crippen LogP contribution in [0.2, 0.25) is 0 Å². The third-order valence-electron chi connectivity index (χ3n) is 6.04. The Morgan fingerprint density at radius 2 is 1.92 bits per heavy atom. The maximum Gasteiger partial charge on any atom is 0.338 e. The molecule has 38 heavy (non-hydrogen) atoms. The Balaban J connectivity index is 1.40. The van der Waals surface area contributed by atoms with Crippen molar-refractivity contribution in [2.45, 2.75) is 30.5 Å². The van der Waals surface area contributed by atoms with Gasteiger partial charge in [0.2, 0.25) is 11.1 Å². The van der Waals surface area contributed by atoms with E-state index in [1.54, 1.807) is 29.8 Å². The SMILES string of the molecule is COC(=O)C1=C(C)Nc2nc(SCc3ccccc3F)nn2C1c1ccc(OCc2cccc(Br)c2)cc1. The molecule has 3 aromatic carbocycles. The second kappa shape index (κ2) is 11.4. The first-order chi connectivity index (χ1) is 18.4. The lowest BCUT2D eigenvalue weighted by atomic mass is 9.96. The predicted molar refractivity (Wildman–Crippen MR) is 147 cm³/mol. The van der Waals surface area contributed by atoms with Crippen LogP contribution in [-0.4, -0.2) is 27.8 Å². The number of ether oxygens (including phenoxy) is 2. The number of carbonyl (C=O) groups excluding carboxylic acids is 1. The molecule has 10 heteroatoms. The molecule has 0 saturated carbocycles. The topological polar surface area (TPSA) is 78.3 Å². The molecule has 1 N–H and O–H groups in total. The standard InChI is InChI=1S/C28H24BrFN4O3S/c1-17-24(26(35)36-2)25(19-10-12-22(13-11-19)37-15-18-6-5-8-21(29)14-18)34-27(31-17)32-28(33-34)38-16-20-7-3-4-9-23(20)30/h3-14,25H,15-16H2,1-2H3,(H,31,32,33). The maximum atomic E-state index is 14.1. The number of allylic oxidation sites excluding steroid dienone is 1. The fraction of sp³-hybridized carbons (Fsp3) is 0.179. The molecule has 0 amide bonds. The average molecular weight is 595 g/mol. The van der Waals surface area contributed by atoms with Crippen molar-refractivity contribution in [2.24, 2.45) is 0 Å². The lowest BCUT2D eigenvalue weighted by Gasteiger charge is -2.27. The quantitative estimate of drug-likeness (QED) is 0.184. The van der Waals surface area contributed by atoms with Crippen molar-refractivity contribution in [3.8, 4) is 5.75 Å². The number of thioether (sulfide) groups is 1. The lowest BCUT2D eigenvalue weighted by Crippen LogP contribution is -2.29. The maximum absolute atomic E-state index is 14.1. The lowest BCUT2D eigenvalue weighted by molar-refractivity contribution is -0.136. The van der Waals surface area contributed by atoms with Crippen molar-refractivity contribution >= 4 is 39.6 Å². The number of hydrogen-bond acceptors (Lipinski definition) is 7. The Kier molecular flexibility index (Phi) is 7.80. The number of methoxy groups -OCH3 is 1. The number of halogens is 2. The molecule has 5 rings (SSSR count). The van der Waals surface area contributed by atoms with Crippen LogP contribution in [0.15, 0.2) is 93.7 Å². The zero-order valence-corrected chi connectivity index (χ0v) is 23.1. The minimum Gasteiger partial charge on any atom is -0.489 e. The van der Waals surface area contributed by atoms with Gasteiger partial charge in [-0.25, -0.2) is 13.9 Å². The molecule has 0 fully saturated rings. The van der Waals surface area contributed by atoms with Crippen LogP contribution in [-0.2, 0) is 21.9 Å². The average Bonchev–Trinajstić information content (AvgIpc) is 3.33. The number of fused-ring (bicyclic) bond motifs is 1. The summed E-state index contributed by atoms with van der Waals surface area (Å²) in [6.45, 7) is 2.23. The van der Waals surface area contributed by atoms with E-state index >= 15 is 0 Å². The number of hydrogen-bond donors (Lipinski definition) is 1. The van der Waals surface area contributed by atoms with E-state index < -0.39 is 12.0 Å². The Labute approximate surface area is 232 Å². The van der Waals surface area contributed by atoms with Crippen molar-refractivity contribution < 1.29 is 18.7 Å². The van der Waals surface area contributed by atoms with Gasteiger partial charge in [-0.2, -0.15) is 4.98 Å². The highest BCUT2D eigenvalue weighted by molar-refractivity contribution is 9.10. The molecule has 0 aliphatic carbocycles. The molecule has 0 radical (unpaired) electrons. The van der Waals surface area contributed by atoms with E-state index in [-0.39, 0.29) is 5.82 Å². The zero-order valence-electron chi connectivity index (χ0n) is 20.7. The van der Waals surface area contributed by atoms with Crippen molar-refractivity contribution in [3.63, 3.8) is 0 Å². The summed E-state index contributed by atoms with van der Waals surface area (Å²) in [6, 6.07) is 21.5. The van der Waals surface area contributed by atoms with E-state index in [1.807, 2.05) is 48.5 Å². The number of anilines is 1. The number of nitrogens with one attached hydrogen (secondary N) is 1. The summed E-state index contributed by atoms with van der Waals surface area (Å²) < 4.78 is 27.8. The minimum absolute atomic E-state index is 0.271. The van der Waals surface area contributed by atoms with Crippen molar-refractivity contribution in [2.75, 3.05) is 12.4 Å². The van der Waals surface area contributed by atoms with Gasteiger partial charge in [0.15, 0.2) is 0 Å². The summed E-state index contributed by atoms with van der Waals surface area (Å²) in [5.74, 6) is 0.833. The highest BCUT2D eigenvalue weighted by atomic mass is 79.9. The third-order valence-corrected chi connectivity index (χ3v) is 7.42. The van der Waals surface area contributed by atoms with Crippen molar-refractivity contribution in [1.82, 2.24) is 14.8 Å². The first kappa shape index (κ1) is 26.0. The van der Waals surface area contributed by atoms with Gasteiger partial charge in [0, 0.05) is 15.9 Å². The van der Waals surface area contributed by atoms with Crippen LogP contribution >= 0.6 is 27.7 Å². The van der Waals surface area contributed by atoms with Crippen LogP contribution in [0.1, 0.15) is 29.7 Å².